The minimum absolute atomic E-state index is 0.200. The topological polar surface area (TPSA) is 56.0 Å². The van der Waals surface area contributed by atoms with Gasteiger partial charge in [-0.2, -0.15) is 0 Å². The molecule has 2 rings (SSSR count). The van der Waals surface area contributed by atoms with Gasteiger partial charge in [0, 0.05) is 18.3 Å². The third-order valence-corrected chi connectivity index (χ3v) is 2.78. The fraction of sp³-hybridized carbons (Fsp3) is 0.455. The maximum atomic E-state index is 10.8. The van der Waals surface area contributed by atoms with Gasteiger partial charge in [-0.1, -0.05) is 6.07 Å². The summed E-state index contributed by atoms with van der Waals surface area (Å²) < 4.78 is 0. The molecule has 1 unspecified atom stereocenters. The lowest BCUT2D eigenvalue weighted by Gasteiger charge is -2.22. The maximum absolute atomic E-state index is 10.8. The lowest BCUT2D eigenvalue weighted by atomic mass is 9.85. The van der Waals surface area contributed by atoms with Crippen molar-refractivity contribution in [2.45, 2.75) is 25.7 Å². The largest absolute Gasteiger partial charge is 0.370 e. The summed E-state index contributed by atoms with van der Waals surface area (Å²) in [5.41, 5.74) is 7.65. The molecular weight excluding hydrogens is 176 g/mol. The fourth-order valence-corrected chi connectivity index (χ4v) is 2.08. The third-order valence-electron chi connectivity index (χ3n) is 2.78. The van der Waals surface area contributed by atoms with Gasteiger partial charge in [-0.25, -0.2) is 0 Å². The van der Waals surface area contributed by atoms with Gasteiger partial charge >= 0.3 is 0 Å². The van der Waals surface area contributed by atoms with Crippen molar-refractivity contribution in [3.05, 3.63) is 29.6 Å². The van der Waals surface area contributed by atoms with Crippen LogP contribution in [-0.4, -0.2) is 10.9 Å². The van der Waals surface area contributed by atoms with Crippen LogP contribution in [-0.2, 0) is 17.6 Å². The SMILES string of the molecule is NC(=O)CC1CCc2cccnc2C1. The lowest BCUT2D eigenvalue weighted by Crippen LogP contribution is -2.22. The molecule has 1 aromatic rings. The molecule has 1 atom stereocenters. The van der Waals surface area contributed by atoms with Crippen LogP contribution in [0.15, 0.2) is 18.3 Å². The summed E-state index contributed by atoms with van der Waals surface area (Å²) in [6.07, 6.45) is 5.30. The Morgan fingerprint density at radius 1 is 1.64 bits per heavy atom. The molecule has 1 amide bonds. The molecule has 0 radical (unpaired) electrons. The number of hydrogen-bond donors (Lipinski definition) is 1. The van der Waals surface area contributed by atoms with E-state index < -0.39 is 0 Å². The molecule has 2 N–H and O–H groups in total. The number of pyridine rings is 1. The van der Waals surface area contributed by atoms with Crippen molar-refractivity contribution >= 4 is 5.91 Å². The van der Waals surface area contributed by atoms with E-state index in [0.29, 0.717) is 12.3 Å². The number of nitrogens with zero attached hydrogens (tertiary/aromatic N) is 1. The number of carbonyl (C=O) groups excluding carboxylic acids is 1. The highest BCUT2D eigenvalue weighted by Crippen LogP contribution is 2.25. The lowest BCUT2D eigenvalue weighted by molar-refractivity contribution is -0.119. The minimum atomic E-state index is -0.200. The number of amides is 1. The van der Waals surface area contributed by atoms with Crippen LogP contribution >= 0.6 is 0 Å². The highest BCUT2D eigenvalue weighted by molar-refractivity contribution is 5.74. The van der Waals surface area contributed by atoms with Gasteiger partial charge in [0.2, 0.25) is 5.91 Å². The Morgan fingerprint density at radius 3 is 3.29 bits per heavy atom. The first-order chi connectivity index (χ1) is 6.75. The van der Waals surface area contributed by atoms with Crippen LogP contribution in [0.5, 0.6) is 0 Å². The first kappa shape index (κ1) is 9.19. The predicted octanol–water partition coefficient (Wildman–Crippen LogP) is 1.06. The van der Waals surface area contributed by atoms with Gasteiger partial charge in [0.1, 0.15) is 0 Å². The highest BCUT2D eigenvalue weighted by atomic mass is 16.1. The van der Waals surface area contributed by atoms with Gasteiger partial charge < -0.3 is 5.73 Å². The number of fused-ring (bicyclic) bond motifs is 1. The second kappa shape index (κ2) is 3.78. The van der Waals surface area contributed by atoms with E-state index in [4.69, 9.17) is 5.73 Å². The molecular formula is C11H14N2O. The zero-order valence-corrected chi connectivity index (χ0v) is 8.07. The van der Waals surface area contributed by atoms with Crippen LogP contribution in [0.4, 0.5) is 0 Å². The molecule has 1 aliphatic carbocycles. The van der Waals surface area contributed by atoms with Gasteiger partial charge in [-0.05, 0) is 36.8 Å². The summed E-state index contributed by atoms with van der Waals surface area (Å²) in [5.74, 6) is 0.198. The molecule has 0 aliphatic heterocycles. The maximum Gasteiger partial charge on any atom is 0.217 e. The first-order valence-electron chi connectivity index (χ1n) is 4.97. The second-order valence-electron chi connectivity index (χ2n) is 3.89. The van der Waals surface area contributed by atoms with E-state index in [1.807, 2.05) is 12.3 Å². The molecule has 3 heteroatoms. The summed E-state index contributed by atoms with van der Waals surface area (Å²) >= 11 is 0. The number of aromatic nitrogens is 1. The van der Waals surface area contributed by atoms with Crippen LogP contribution in [0.25, 0.3) is 0 Å². The van der Waals surface area contributed by atoms with E-state index in [1.54, 1.807) is 0 Å². The number of carbonyl (C=O) groups is 1. The molecule has 3 nitrogen and oxygen atoms in total. The Bertz CT molecular complexity index is 349. The summed E-state index contributed by atoms with van der Waals surface area (Å²) in [6, 6.07) is 4.08. The molecule has 0 aromatic carbocycles. The number of primary amides is 1. The van der Waals surface area contributed by atoms with Gasteiger partial charge in [0.05, 0.1) is 0 Å². The smallest absolute Gasteiger partial charge is 0.217 e. The van der Waals surface area contributed by atoms with E-state index in [1.165, 1.54) is 5.56 Å². The third kappa shape index (κ3) is 1.92. The van der Waals surface area contributed by atoms with Crippen molar-refractivity contribution in [1.29, 1.82) is 0 Å². The van der Waals surface area contributed by atoms with Gasteiger partial charge in [-0.3, -0.25) is 9.78 Å². The molecule has 0 spiro atoms. The Kier molecular flexibility index (Phi) is 2.48. The first-order valence-corrected chi connectivity index (χ1v) is 4.97. The van der Waals surface area contributed by atoms with Gasteiger partial charge in [0.15, 0.2) is 0 Å². The standard InChI is InChI=1S/C11H14N2O/c12-11(14)7-8-3-4-9-2-1-5-13-10(9)6-8/h1-2,5,8H,3-4,6-7H2,(H2,12,14). The van der Waals surface area contributed by atoms with Crippen molar-refractivity contribution in [2.24, 2.45) is 11.7 Å². The molecule has 0 fully saturated rings. The summed E-state index contributed by atoms with van der Waals surface area (Å²) in [7, 11) is 0. The average molecular weight is 190 g/mol. The fourth-order valence-electron chi connectivity index (χ4n) is 2.08. The van der Waals surface area contributed by atoms with Crippen molar-refractivity contribution < 1.29 is 4.79 Å². The highest BCUT2D eigenvalue weighted by Gasteiger charge is 2.20. The summed E-state index contributed by atoms with van der Waals surface area (Å²) in [5, 5.41) is 0. The van der Waals surface area contributed by atoms with Crippen molar-refractivity contribution in [1.82, 2.24) is 4.98 Å². The molecule has 1 heterocycles. The Balaban J connectivity index is 2.09. The van der Waals surface area contributed by atoms with E-state index >= 15 is 0 Å². The number of nitrogens with two attached hydrogens (primary N) is 1. The number of aryl methyl sites for hydroxylation is 1. The zero-order valence-electron chi connectivity index (χ0n) is 8.07. The van der Waals surface area contributed by atoms with Crippen LogP contribution in [0, 0.1) is 5.92 Å². The van der Waals surface area contributed by atoms with Crippen molar-refractivity contribution in [2.75, 3.05) is 0 Å². The van der Waals surface area contributed by atoms with Gasteiger partial charge in [0.25, 0.3) is 0 Å². The van der Waals surface area contributed by atoms with E-state index in [-0.39, 0.29) is 5.91 Å². The zero-order chi connectivity index (χ0) is 9.97. The van der Waals surface area contributed by atoms with Crippen LogP contribution in [0.3, 0.4) is 0 Å². The van der Waals surface area contributed by atoms with Crippen molar-refractivity contribution in [3.8, 4) is 0 Å². The normalized spacial score (nSPS) is 20.1. The number of hydrogen-bond acceptors (Lipinski definition) is 2. The molecule has 1 aromatic heterocycles. The Labute approximate surface area is 83.3 Å². The molecule has 14 heavy (non-hydrogen) atoms. The summed E-state index contributed by atoms with van der Waals surface area (Å²) in [4.78, 5) is 15.1. The van der Waals surface area contributed by atoms with E-state index in [9.17, 15) is 4.79 Å². The molecule has 0 saturated carbocycles. The molecule has 74 valence electrons. The van der Waals surface area contributed by atoms with Gasteiger partial charge in [-0.15, -0.1) is 0 Å². The van der Waals surface area contributed by atoms with E-state index in [2.05, 4.69) is 11.1 Å². The van der Waals surface area contributed by atoms with E-state index in [0.717, 1.165) is 25.0 Å². The molecule has 1 aliphatic rings. The Hall–Kier alpha value is -1.38. The summed E-state index contributed by atoms with van der Waals surface area (Å²) in [6.45, 7) is 0. The molecule has 0 saturated heterocycles. The monoisotopic (exact) mass is 190 g/mol. The Morgan fingerprint density at radius 2 is 2.50 bits per heavy atom. The average Bonchev–Trinajstić information content (AvgIpc) is 2.17. The van der Waals surface area contributed by atoms with Crippen LogP contribution in [0.2, 0.25) is 0 Å². The number of rotatable bonds is 2. The quantitative estimate of drug-likeness (QED) is 0.758. The molecule has 0 bridgehead atoms. The predicted molar refractivity (Wildman–Crippen MR) is 53.6 cm³/mol. The minimum Gasteiger partial charge on any atom is -0.370 e. The second-order valence-corrected chi connectivity index (χ2v) is 3.89. The van der Waals surface area contributed by atoms with Crippen LogP contribution in [0.1, 0.15) is 24.1 Å². The van der Waals surface area contributed by atoms with Crippen molar-refractivity contribution in [3.63, 3.8) is 0 Å². The van der Waals surface area contributed by atoms with Crippen LogP contribution < -0.4 is 5.73 Å².